The Balaban J connectivity index is 1.69. The fraction of sp³-hybridized carbons (Fsp3) is 0.100. The molecule has 0 bridgehead atoms. The van der Waals surface area contributed by atoms with Crippen LogP contribution in [-0.4, -0.2) is 11.8 Å². The van der Waals surface area contributed by atoms with Crippen molar-refractivity contribution in [2.45, 2.75) is 13.5 Å². The third-order valence-corrected chi connectivity index (χ3v) is 3.70. The molecule has 0 aliphatic heterocycles. The third kappa shape index (κ3) is 3.83. The van der Waals surface area contributed by atoms with Crippen molar-refractivity contribution in [3.63, 3.8) is 0 Å². The van der Waals surface area contributed by atoms with Crippen LogP contribution in [0.25, 0.3) is 11.3 Å². The molecule has 2 aromatic carbocycles. The molecule has 3 rings (SSSR count). The molecule has 1 heterocycles. The fourth-order valence-electron chi connectivity index (χ4n) is 2.30. The van der Waals surface area contributed by atoms with Gasteiger partial charge in [-0.15, -0.1) is 0 Å². The predicted octanol–water partition coefficient (Wildman–Crippen LogP) is 4.65. The zero-order chi connectivity index (χ0) is 17.8. The Hall–Kier alpha value is -3.21. The highest BCUT2D eigenvalue weighted by Crippen LogP contribution is 2.23. The second-order valence-corrected chi connectivity index (χ2v) is 5.46. The molecule has 0 saturated heterocycles. The maximum absolute atomic E-state index is 13.5. The first kappa shape index (κ1) is 16.6. The molecule has 4 nitrogen and oxygen atoms in total. The summed E-state index contributed by atoms with van der Waals surface area (Å²) in [6.45, 7) is 1.32. The van der Waals surface area contributed by atoms with Crippen LogP contribution in [0.2, 0.25) is 0 Å². The summed E-state index contributed by atoms with van der Waals surface area (Å²) in [5, 5.41) is 0. The van der Waals surface area contributed by atoms with Gasteiger partial charge in [-0.3, -0.25) is 4.79 Å². The van der Waals surface area contributed by atoms with Gasteiger partial charge in [0.05, 0.1) is 0 Å². The molecule has 0 aliphatic carbocycles. The molecule has 126 valence electrons. The zero-order valence-electron chi connectivity index (χ0n) is 13.5. The number of Topliss-reactive ketones (excluding diaryl/α,β-unsaturated/α-hetero) is 1. The van der Waals surface area contributed by atoms with E-state index in [1.165, 1.54) is 19.1 Å². The second kappa shape index (κ2) is 7.13. The van der Waals surface area contributed by atoms with Gasteiger partial charge in [-0.05, 0) is 25.1 Å². The Morgan fingerprint density at radius 2 is 1.72 bits per heavy atom. The molecule has 0 saturated carbocycles. The van der Waals surface area contributed by atoms with E-state index >= 15 is 0 Å². The van der Waals surface area contributed by atoms with E-state index in [-0.39, 0.29) is 18.2 Å². The number of carbonyl (C=O) groups is 2. The van der Waals surface area contributed by atoms with Crippen molar-refractivity contribution in [2.24, 2.45) is 0 Å². The number of rotatable bonds is 5. The van der Waals surface area contributed by atoms with E-state index in [4.69, 9.17) is 9.15 Å². The highest BCUT2D eigenvalue weighted by molar-refractivity contribution is 5.94. The number of halogens is 1. The minimum absolute atomic E-state index is 0.0246. The molecule has 1 aromatic heterocycles. The zero-order valence-corrected chi connectivity index (χ0v) is 13.5. The summed E-state index contributed by atoms with van der Waals surface area (Å²) >= 11 is 0. The van der Waals surface area contributed by atoms with E-state index in [1.807, 2.05) is 0 Å². The Morgan fingerprint density at radius 3 is 2.40 bits per heavy atom. The van der Waals surface area contributed by atoms with Gasteiger partial charge in [-0.2, -0.15) is 0 Å². The number of ether oxygens (including phenoxy) is 1. The van der Waals surface area contributed by atoms with Crippen molar-refractivity contribution in [1.82, 2.24) is 0 Å². The summed E-state index contributed by atoms with van der Waals surface area (Å²) in [4.78, 5) is 23.3. The predicted molar refractivity (Wildman–Crippen MR) is 89.7 cm³/mol. The van der Waals surface area contributed by atoms with Crippen LogP contribution in [0.1, 0.15) is 33.4 Å². The molecule has 3 aromatic rings. The number of benzene rings is 2. The number of furan rings is 1. The first-order chi connectivity index (χ1) is 12.0. The molecule has 25 heavy (non-hydrogen) atoms. The Bertz CT molecular complexity index is 909. The van der Waals surface area contributed by atoms with Gasteiger partial charge in [0.15, 0.2) is 5.78 Å². The van der Waals surface area contributed by atoms with Crippen molar-refractivity contribution in [3.8, 4) is 11.3 Å². The number of esters is 1. The summed E-state index contributed by atoms with van der Waals surface area (Å²) in [6.07, 6.45) is 0. The van der Waals surface area contributed by atoms with E-state index in [2.05, 4.69) is 0 Å². The van der Waals surface area contributed by atoms with E-state index in [0.29, 0.717) is 16.9 Å². The van der Waals surface area contributed by atoms with Crippen LogP contribution in [0.15, 0.2) is 65.1 Å². The molecule has 5 heteroatoms. The van der Waals surface area contributed by atoms with Crippen LogP contribution in [0.5, 0.6) is 0 Å². The average molecular weight is 338 g/mol. The standard InChI is InChI=1S/C20H15FO4/c1-13(22)14-6-8-15(9-7-14)18-10-11-19(25-18)20(23)24-12-16-4-2-3-5-17(16)21/h2-11H,12H2,1H3. The normalized spacial score (nSPS) is 10.5. The van der Waals surface area contributed by atoms with Crippen molar-refractivity contribution >= 4 is 11.8 Å². The van der Waals surface area contributed by atoms with E-state index in [0.717, 1.165) is 5.56 Å². The first-order valence-corrected chi connectivity index (χ1v) is 7.66. The topological polar surface area (TPSA) is 56.5 Å². The minimum atomic E-state index is -0.671. The lowest BCUT2D eigenvalue weighted by molar-refractivity contribution is 0.0433. The molecule has 0 spiro atoms. The van der Waals surface area contributed by atoms with Gasteiger partial charge in [-0.25, -0.2) is 9.18 Å². The molecular formula is C20H15FO4. The van der Waals surface area contributed by atoms with Gasteiger partial charge in [0.1, 0.15) is 18.2 Å². The highest BCUT2D eigenvalue weighted by atomic mass is 19.1. The van der Waals surface area contributed by atoms with Crippen LogP contribution in [0, 0.1) is 5.82 Å². The Labute approximate surface area is 143 Å². The Morgan fingerprint density at radius 1 is 1.00 bits per heavy atom. The van der Waals surface area contributed by atoms with Gasteiger partial charge < -0.3 is 9.15 Å². The van der Waals surface area contributed by atoms with Gasteiger partial charge in [0.2, 0.25) is 5.76 Å². The highest BCUT2D eigenvalue weighted by Gasteiger charge is 2.15. The molecule has 0 radical (unpaired) electrons. The number of ketones is 1. The molecule has 0 aliphatic rings. The number of carbonyl (C=O) groups excluding carboxylic acids is 2. The van der Waals surface area contributed by atoms with Crippen LogP contribution in [-0.2, 0) is 11.3 Å². The van der Waals surface area contributed by atoms with Crippen LogP contribution < -0.4 is 0 Å². The molecule has 0 unspecified atom stereocenters. The summed E-state index contributed by atoms with van der Waals surface area (Å²) in [7, 11) is 0. The average Bonchev–Trinajstić information content (AvgIpc) is 3.11. The first-order valence-electron chi connectivity index (χ1n) is 7.66. The van der Waals surface area contributed by atoms with Crippen LogP contribution in [0.3, 0.4) is 0 Å². The molecular weight excluding hydrogens is 323 g/mol. The summed E-state index contributed by atoms with van der Waals surface area (Å²) in [6, 6.07) is 16.1. The third-order valence-electron chi connectivity index (χ3n) is 3.70. The smallest absolute Gasteiger partial charge is 0.374 e. The van der Waals surface area contributed by atoms with Crippen LogP contribution >= 0.6 is 0 Å². The van der Waals surface area contributed by atoms with Crippen molar-refractivity contribution < 1.29 is 23.1 Å². The molecule has 0 atom stereocenters. The van der Waals surface area contributed by atoms with Crippen molar-refractivity contribution in [3.05, 3.63) is 83.4 Å². The maximum atomic E-state index is 13.5. The largest absolute Gasteiger partial charge is 0.455 e. The quantitative estimate of drug-likeness (QED) is 0.502. The van der Waals surface area contributed by atoms with Crippen molar-refractivity contribution in [1.29, 1.82) is 0 Å². The van der Waals surface area contributed by atoms with E-state index in [9.17, 15) is 14.0 Å². The van der Waals surface area contributed by atoms with E-state index in [1.54, 1.807) is 48.5 Å². The van der Waals surface area contributed by atoms with E-state index < -0.39 is 11.8 Å². The lowest BCUT2D eigenvalue weighted by atomic mass is 10.1. The molecule has 0 N–H and O–H groups in total. The minimum Gasteiger partial charge on any atom is -0.455 e. The van der Waals surface area contributed by atoms with Gasteiger partial charge in [-0.1, -0.05) is 42.5 Å². The molecule has 0 fully saturated rings. The van der Waals surface area contributed by atoms with Gasteiger partial charge in [0.25, 0.3) is 0 Å². The van der Waals surface area contributed by atoms with Gasteiger partial charge in [0, 0.05) is 16.7 Å². The lowest BCUT2D eigenvalue weighted by Gasteiger charge is -2.04. The van der Waals surface area contributed by atoms with Crippen LogP contribution in [0.4, 0.5) is 4.39 Å². The second-order valence-electron chi connectivity index (χ2n) is 5.46. The maximum Gasteiger partial charge on any atom is 0.374 e. The lowest BCUT2D eigenvalue weighted by Crippen LogP contribution is -2.05. The number of hydrogen-bond acceptors (Lipinski definition) is 4. The fourth-order valence-corrected chi connectivity index (χ4v) is 2.30. The summed E-state index contributed by atoms with van der Waals surface area (Å²) in [5.41, 5.74) is 1.63. The Kier molecular flexibility index (Phi) is 4.75. The number of hydrogen-bond donors (Lipinski definition) is 0. The van der Waals surface area contributed by atoms with Gasteiger partial charge >= 0.3 is 5.97 Å². The summed E-state index contributed by atoms with van der Waals surface area (Å²) < 4.78 is 24.1. The molecule has 0 amide bonds. The summed E-state index contributed by atoms with van der Waals surface area (Å²) in [5.74, 6) is -0.616. The van der Waals surface area contributed by atoms with Crippen molar-refractivity contribution in [2.75, 3.05) is 0 Å². The SMILES string of the molecule is CC(=O)c1ccc(-c2ccc(C(=O)OCc3ccccc3F)o2)cc1. The monoisotopic (exact) mass is 338 g/mol.